The van der Waals surface area contributed by atoms with Crippen LogP contribution >= 0.6 is 11.8 Å². The second-order valence-electron chi connectivity index (χ2n) is 2.60. The van der Waals surface area contributed by atoms with Crippen molar-refractivity contribution in [2.24, 2.45) is 5.73 Å². The van der Waals surface area contributed by atoms with Crippen molar-refractivity contribution in [3.05, 3.63) is 29.8 Å². The molecule has 1 rings (SSSR count). The molecule has 0 fully saturated rings. The average molecular weight is 197 g/mol. The molecule has 0 atom stereocenters. The topological polar surface area (TPSA) is 35.2 Å². The first-order valence-corrected chi connectivity index (χ1v) is 5.35. The molecule has 72 valence electrons. The van der Waals surface area contributed by atoms with Crippen molar-refractivity contribution in [2.75, 3.05) is 12.5 Å². The van der Waals surface area contributed by atoms with Crippen LogP contribution in [0.5, 0.6) is 0 Å². The first kappa shape index (κ1) is 10.6. The number of nitrogens with two attached hydrogens (primary N) is 1. The van der Waals surface area contributed by atoms with Crippen LogP contribution in [0, 0.1) is 0 Å². The molecule has 0 radical (unpaired) electrons. The Labute approximate surface area is 83.5 Å². The predicted molar refractivity (Wildman–Crippen MR) is 56.7 cm³/mol. The van der Waals surface area contributed by atoms with Crippen LogP contribution in [-0.4, -0.2) is 12.5 Å². The number of benzene rings is 1. The largest absolute Gasteiger partial charge is 0.371 e. The van der Waals surface area contributed by atoms with Gasteiger partial charge in [0, 0.05) is 18.0 Å². The lowest BCUT2D eigenvalue weighted by atomic mass is 10.2. The third-order valence-electron chi connectivity index (χ3n) is 1.67. The summed E-state index contributed by atoms with van der Waals surface area (Å²) in [6.45, 7) is 3.38. The molecule has 0 spiro atoms. The van der Waals surface area contributed by atoms with Gasteiger partial charge in [0.25, 0.3) is 0 Å². The fourth-order valence-electron chi connectivity index (χ4n) is 0.915. The summed E-state index contributed by atoms with van der Waals surface area (Å²) in [6.07, 6.45) is 0. The molecule has 0 aromatic heterocycles. The van der Waals surface area contributed by atoms with Crippen molar-refractivity contribution in [3.63, 3.8) is 0 Å². The SMILES string of the molecule is CCOCSc1ccc(CN)cc1. The summed E-state index contributed by atoms with van der Waals surface area (Å²) in [5, 5.41) is 0. The molecule has 0 heterocycles. The van der Waals surface area contributed by atoms with Crippen LogP contribution in [0.2, 0.25) is 0 Å². The van der Waals surface area contributed by atoms with E-state index in [1.54, 1.807) is 11.8 Å². The van der Waals surface area contributed by atoms with Gasteiger partial charge >= 0.3 is 0 Å². The third kappa shape index (κ3) is 3.81. The van der Waals surface area contributed by atoms with Gasteiger partial charge in [0.1, 0.15) is 0 Å². The van der Waals surface area contributed by atoms with Gasteiger partial charge in [-0.05, 0) is 24.6 Å². The Balaban J connectivity index is 2.40. The maximum absolute atomic E-state index is 5.49. The van der Waals surface area contributed by atoms with E-state index in [0.29, 0.717) is 6.54 Å². The summed E-state index contributed by atoms with van der Waals surface area (Å²) in [6, 6.07) is 8.25. The van der Waals surface area contributed by atoms with E-state index < -0.39 is 0 Å². The van der Waals surface area contributed by atoms with E-state index in [1.165, 1.54) is 10.5 Å². The van der Waals surface area contributed by atoms with E-state index in [9.17, 15) is 0 Å². The van der Waals surface area contributed by atoms with Gasteiger partial charge in [0.15, 0.2) is 0 Å². The van der Waals surface area contributed by atoms with Crippen molar-refractivity contribution < 1.29 is 4.74 Å². The molecular weight excluding hydrogens is 182 g/mol. The minimum Gasteiger partial charge on any atom is -0.371 e. The Morgan fingerprint density at radius 2 is 2.00 bits per heavy atom. The van der Waals surface area contributed by atoms with Crippen molar-refractivity contribution in [2.45, 2.75) is 18.4 Å². The lowest BCUT2D eigenvalue weighted by Gasteiger charge is -2.02. The highest BCUT2D eigenvalue weighted by Crippen LogP contribution is 2.18. The van der Waals surface area contributed by atoms with Gasteiger partial charge in [-0.3, -0.25) is 0 Å². The van der Waals surface area contributed by atoms with E-state index in [4.69, 9.17) is 10.5 Å². The Morgan fingerprint density at radius 1 is 1.31 bits per heavy atom. The van der Waals surface area contributed by atoms with Crippen LogP contribution in [0.25, 0.3) is 0 Å². The maximum atomic E-state index is 5.49. The molecule has 13 heavy (non-hydrogen) atoms. The maximum Gasteiger partial charge on any atom is 0.0966 e. The molecular formula is C10H15NOS. The molecule has 2 nitrogen and oxygen atoms in total. The Bertz CT molecular complexity index is 235. The minimum absolute atomic E-state index is 0.608. The molecule has 1 aromatic carbocycles. The van der Waals surface area contributed by atoms with Crippen LogP contribution in [0.3, 0.4) is 0 Å². The quantitative estimate of drug-likeness (QED) is 0.446. The zero-order valence-electron chi connectivity index (χ0n) is 7.82. The van der Waals surface area contributed by atoms with E-state index in [1.807, 2.05) is 19.1 Å². The van der Waals surface area contributed by atoms with E-state index in [0.717, 1.165) is 12.5 Å². The smallest absolute Gasteiger partial charge is 0.0966 e. The summed E-state index contributed by atoms with van der Waals surface area (Å²) < 4.78 is 5.23. The lowest BCUT2D eigenvalue weighted by Crippen LogP contribution is -1.95. The van der Waals surface area contributed by atoms with E-state index >= 15 is 0 Å². The van der Waals surface area contributed by atoms with Crippen LogP contribution in [0.15, 0.2) is 29.2 Å². The number of ether oxygens (including phenoxy) is 1. The zero-order valence-corrected chi connectivity index (χ0v) is 8.64. The second-order valence-corrected chi connectivity index (χ2v) is 3.60. The normalized spacial score (nSPS) is 10.3. The standard InChI is InChI=1S/C10H15NOS/c1-2-12-8-13-10-5-3-9(7-11)4-6-10/h3-6H,2,7-8,11H2,1H3. The molecule has 0 unspecified atom stereocenters. The first-order chi connectivity index (χ1) is 6.36. The van der Waals surface area contributed by atoms with Crippen LogP contribution < -0.4 is 5.73 Å². The molecule has 0 aliphatic rings. The third-order valence-corrected chi connectivity index (χ3v) is 2.56. The Morgan fingerprint density at radius 3 is 2.54 bits per heavy atom. The van der Waals surface area contributed by atoms with Crippen molar-refractivity contribution >= 4 is 11.8 Å². The van der Waals surface area contributed by atoms with Crippen LogP contribution in [-0.2, 0) is 11.3 Å². The molecule has 0 aliphatic heterocycles. The summed E-state index contributed by atoms with van der Waals surface area (Å²) in [4.78, 5) is 1.23. The highest BCUT2D eigenvalue weighted by Gasteiger charge is 1.93. The van der Waals surface area contributed by atoms with Crippen molar-refractivity contribution in [3.8, 4) is 0 Å². The van der Waals surface area contributed by atoms with Gasteiger partial charge in [0.05, 0.1) is 5.94 Å². The number of thioether (sulfide) groups is 1. The van der Waals surface area contributed by atoms with E-state index in [2.05, 4.69) is 12.1 Å². The average Bonchev–Trinajstić information content (AvgIpc) is 2.19. The number of hydrogen-bond donors (Lipinski definition) is 1. The summed E-state index contributed by atoms with van der Waals surface area (Å²) in [7, 11) is 0. The molecule has 0 saturated heterocycles. The van der Waals surface area contributed by atoms with Gasteiger partial charge < -0.3 is 10.5 Å². The van der Waals surface area contributed by atoms with Gasteiger partial charge in [-0.15, -0.1) is 0 Å². The molecule has 0 amide bonds. The van der Waals surface area contributed by atoms with Gasteiger partial charge in [-0.25, -0.2) is 0 Å². The number of rotatable bonds is 5. The second kappa shape index (κ2) is 6.02. The minimum atomic E-state index is 0.608. The van der Waals surface area contributed by atoms with Gasteiger partial charge in [0.2, 0.25) is 0 Å². The monoisotopic (exact) mass is 197 g/mol. The zero-order chi connectivity index (χ0) is 9.52. The van der Waals surface area contributed by atoms with Gasteiger partial charge in [-0.1, -0.05) is 23.9 Å². The van der Waals surface area contributed by atoms with E-state index in [-0.39, 0.29) is 0 Å². The first-order valence-electron chi connectivity index (χ1n) is 4.36. The van der Waals surface area contributed by atoms with Crippen LogP contribution in [0.4, 0.5) is 0 Å². The molecule has 2 N–H and O–H groups in total. The summed E-state index contributed by atoms with van der Waals surface area (Å²) in [5.74, 6) is 0.721. The number of hydrogen-bond acceptors (Lipinski definition) is 3. The lowest BCUT2D eigenvalue weighted by molar-refractivity contribution is 0.199. The highest BCUT2D eigenvalue weighted by molar-refractivity contribution is 7.99. The highest BCUT2D eigenvalue weighted by atomic mass is 32.2. The van der Waals surface area contributed by atoms with Crippen LogP contribution in [0.1, 0.15) is 12.5 Å². The Hall–Kier alpha value is -0.510. The van der Waals surface area contributed by atoms with Crippen molar-refractivity contribution in [1.29, 1.82) is 0 Å². The molecule has 0 saturated carbocycles. The molecule has 0 aliphatic carbocycles. The molecule has 1 aromatic rings. The predicted octanol–water partition coefficient (Wildman–Crippen LogP) is 2.23. The Kier molecular flexibility index (Phi) is 4.90. The fraction of sp³-hybridized carbons (Fsp3) is 0.400. The summed E-state index contributed by atoms with van der Waals surface area (Å²) >= 11 is 1.70. The molecule has 3 heteroatoms. The molecule has 0 bridgehead atoms. The van der Waals surface area contributed by atoms with Gasteiger partial charge in [-0.2, -0.15) is 0 Å². The summed E-state index contributed by atoms with van der Waals surface area (Å²) in [5.41, 5.74) is 6.66. The fourth-order valence-corrected chi connectivity index (χ4v) is 1.63. The van der Waals surface area contributed by atoms with Crippen molar-refractivity contribution in [1.82, 2.24) is 0 Å².